The molecule has 1 aliphatic carbocycles. The van der Waals surface area contributed by atoms with Crippen molar-refractivity contribution in [2.45, 2.75) is 30.8 Å². The van der Waals surface area contributed by atoms with Crippen LogP contribution in [0.2, 0.25) is 0 Å². The van der Waals surface area contributed by atoms with E-state index in [0.29, 0.717) is 38.7 Å². The molecule has 0 bridgehead atoms. The topological polar surface area (TPSA) is 100 Å². The minimum atomic E-state index is -1.04. The lowest BCUT2D eigenvalue weighted by molar-refractivity contribution is -0.135. The van der Waals surface area contributed by atoms with Gasteiger partial charge in [0.2, 0.25) is 5.91 Å². The molecule has 3 saturated heterocycles. The maximum Gasteiger partial charge on any atom is 0.325 e. The Labute approximate surface area is 187 Å². The first kappa shape index (κ1) is 21.4. The van der Waals surface area contributed by atoms with Gasteiger partial charge in [0.05, 0.1) is 19.8 Å². The van der Waals surface area contributed by atoms with Gasteiger partial charge >= 0.3 is 6.03 Å². The van der Waals surface area contributed by atoms with Crippen molar-refractivity contribution in [2.24, 2.45) is 5.92 Å². The van der Waals surface area contributed by atoms with Crippen molar-refractivity contribution < 1.29 is 23.9 Å². The second kappa shape index (κ2) is 8.80. The third-order valence-corrected chi connectivity index (χ3v) is 7.26. The number of aryl methyl sites for hydroxylation is 1. The fraction of sp³-hybridized carbons (Fsp3) is 0.609. The minimum absolute atomic E-state index is 0.154. The monoisotopic (exact) mass is 442 g/mol. The number of carbonyl (C=O) groups excluding carboxylic acids is 3. The number of imide groups is 1. The fourth-order valence-electron chi connectivity index (χ4n) is 5.51. The van der Waals surface area contributed by atoms with E-state index in [4.69, 9.17) is 9.47 Å². The Morgan fingerprint density at radius 3 is 2.78 bits per heavy atom. The van der Waals surface area contributed by atoms with Crippen LogP contribution >= 0.6 is 0 Å². The number of hydrogen-bond donors (Lipinski definition) is 2. The lowest BCUT2D eigenvalue weighted by atomic mass is 9.92. The Bertz CT molecular complexity index is 896. The molecule has 1 aromatic carbocycles. The number of nitrogens with one attached hydrogen (secondary N) is 2. The molecule has 0 radical (unpaired) electrons. The summed E-state index contributed by atoms with van der Waals surface area (Å²) in [5.41, 5.74) is 0.875. The highest BCUT2D eigenvalue weighted by Gasteiger charge is 2.55. The smallest absolute Gasteiger partial charge is 0.325 e. The molecule has 0 aromatic heterocycles. The average Bonchev–Trinajstić information content (AvgIpc) is 3.52. The Balaban J connectivity index is 1.23. The first-order chi connectivity index (χ1) is 15.6. The van der Waals surface area contributed by atoms with Crippen LogP contribution < -0.4 is 10.6 Å². The Kier molecular flexibility index (Phi) is 5.88. The first-order valence-electron chi connectivity index (χ1n) is 11.5. The molecule has 9 heteroatoms. The minimum Gasteiger partial charge on any atom is -0.381 e. The number of urea groups is 1. The summed E-state index contributed by atoms with van der Waals surface area (Å²) < 4.78 is 11.0. The van der Waals surface area contributed by atoms with Crippen molar-refractivity contribution >= 4 is 17.8 Å². The molecule has 172 valence electrons. The number of benzene rings is 1. The van der Waals surface area contributed by atoms with Crippen molar-refractivity contribution in [3.8, 4) is 0 Å². The number of fused-ring (bicyclic) bond motifs is 2. The maximum absolute atomic E-state index is 13.3. The zero-order valence-electron chi connectivity index (χ0n) is 18.2. The van der Waals surface area contributed by atoms with Gasteiger partial charge in [-0.2, -0.15) is 0 Å². The number of carbonyl (C=O) groups is 3. The average molecular weight is 443 g/mol. The van der Waals surface area contributed by atoms with Gasteiger partial charge in [-0.25, -0.2) is 4.79 Å². The molecule has 3 heterocycles. The molecule has 3 unspecified atom stereocenters. The quantitative estimate of drug-likeness (QED) is 0.612. The number of amides is 4. The summed E-state index contributed by atoms with van der Waals surface area (Å²) in [6, 6.07) is 7.33. The van der Waals surface area contributed by atoms with Crippen LogP contribution in [0.1, 0.15) is 24.0 Å². The van der Waals surface area contributed by atoms with Crippen molar-refractivity contribution in [2.75, 3.05) is 52.6 Å². The highest BCUT2D eigenvalue weighted by Crippen LogP contribution is 2.41. The summed E-state index contributed by atoms with van der Waals surface area (Å²) in [7, 11) is 0. The summed E-state index contributed by atoms with van der Waals surface area (Å²) in [5.74, 6) is -0.311. The van der Waals surface area contributed by atoms with Crippen LogP contribution in [0.3, 0.4) is 0 Å². The third-order valence-electron chi connectivity index (χ3n) is 7.26. The first-order valence-corrected chi connectivity index (χ1v) is 11.5. The number of nitrogens with zero attached hydrogens (tertiary/aromatic N) is 2. The van der Waals surface area contributed by atoms with Crippen LogP contribution in [0, 0.1) is 5.92 Å². The van der Waals surface area contributed by atoms with Gasteiger partial charge in [-0.1, -0.05) is 24.3 Å². The second-order valence-corrected chi connectivity index (χ2v) is 9.03. The summed E-state index contributed by atoms with van der Waals surface area (Å²) in [6.07, 6.45) is 2.22. The second-order valence-electron chi connectivity index (χ2n) is 9.03. The molecular formula is C23H30N4O5. The standard InChI is InChI=1S/C23H30N4O5/c28-20(24-13-19(17-6-10-32-15-17)26-8-11-31-12-9-26)14-27-21(29)23(25-22(27)30)7-5-16-3-1-2-4-18(16)23/h1-4,17,19H,5-15H2,(H,24,28)(H,25,30). The van der Waals surface area contributed by atoms with E-state index in [1.165, 1.54) is 0 Å². The van der Waals surface area contributed by atoms with Crippen LogP contribution in [-0.2, 0) is 31.0 Å². The van der Waals surface area contributed by atoms with E-state index >= 15 is 0 Å². The highest BCUT2D eigenvalue weighted by molar-refractivity contribution is 6.09. The molecule has 0 saturated carbocycles. The molecule has 3 fully saturated rings. The van der Waals surface area contributed by atoms with Crippen molar-refractivity contribution in [3.05, 3.63) is 35.4 Å². The lowest BCUT2D eigenvalue weighted by Crippen LogP contribution is -2.53. The molecule has 1 spiro atoms. The molecule has 5 rings (SSSR count). The predicted octanol–water partition coefficient (Wildman–Crippen LogP) is 0.233. The van der Waals surface area contributed by atoms with E-state index < -0.39 is 11.6 Å². The van der Waals surface area contributed by atoms with Gasteiger partial charge in [0.1, 0.15) is 12.1 Å². The number of morpholine rings is 1. The fourth-order valence-corrected chi connectivity index (χ4v) is 5.51. The van der Waals surface area contributed by atoms with E-state index in [9.17, 15) is 14.4 Å². The number of ether oxygens (including phenoxy) is 2. The van der Waals surface area contributed by atoms with Gasteiger partial charge in [-0.15, -0.1) is 0 Å². The van der Waals surface area contributed by atoms with E-state index in [1.807, 2.05) is 24.3 Å². The molecule has 3 aliphatic heterocycles. The van der Waals surface area contributed by atoms with E-state index in [1.54, 1.807) is 0 Å². The SMILES string of the molecule is O=C(CN1C(=O)NC2(CCc3ccccc32)C1=O)NCC(C1CCOC1)N1CCOCC1. The molecule has 32 heavy (non-hydrogen) atoms. The zero-order chi connectivity index (χ0) is 22.1. The van der Waals surface area contributed by atoms with Gasteiger partial charge in [-0.3, -0.25) is 19.4 Å². The summed E-state index contributed by atoms with van der Waals surface area (Å²) in [5, 5.41) is 5.84. The predicted molar refractivity (Wildman–Crippen MR) is 115 cm³/mol. The van der Waals surface area contributed by atoms with Gasteiger partial charge in [0.15, 0.2) is 0 Å². The Morgan fingerprint density at radius 1 is 1.19 bits per heavy atom. The number of hydrogen-bond acceptors (Lipinski definition) is 6. The van der Waals surface area contributed by atoms with E-state index in [0.717, 1.165) is 48.6 Å². The Morgan fingerprint density at radius 2 is 2.00 bits per heavy atom. The molecule has 1 aromatic rings. The molecule has 2 N–H and O–H groups in total. The van der Waals surface area contributed by atoms with Crippen LogP contribution in [0.5, 0.6) is 0 Å². The van der Waals surface area contributed by atoms with Crippen LogP contribution in [0.4, 0.5) is 4.79 Å². The Hall–Kier alpha value is -2.49. The molecule has 3 atom stereocenters. The molecule has 9 nitrogen and oxygen atoms in total. The lowest BCUT2D eigenvalue weighted by Gasteiger charge is -2.37. The van der Waals surface area contributed by atoms with Crippen LogP contribution in [0.25, 0.3) is 0 Å². The van der Waals surface area contributed by atoms with Gasteiger partial charge in [-0.05, 0) is 30.4 Å². The van der Waals surface area contributed by atoms with E-state index in [-0.39, 0.29) is 24.4 Å². The van der Waals surface area contributed by atoms with Crippen LogP contribution in [-0.4, -0.2) is 86.3 Å². The summed E-state index contributed by atoms with van der Waals surface area (Å²) >= 11 is 0. The highest BCUT2D eigenvalue weighted by atomic mass is 16.5. The molecule has 4 amide bonds. The third kappa shape index (κ3) is 3.78. The molecule has 4 aliphatic rings. The summed E-state index contributed by atoms with van der Waals surface area (Å²) in [4.78, 5) is 42.1. The van der Waals surface area contributed by atoms with E-state index in [2.05, 4.69) is 15.5 Å². The largest absolute Gasteiger partial charge is 0.381 e. The van der Waals surface area contributed by atoms with Gasteiger partial charge in [0, 0.05) is 38.2 Å². The zero-order valence-corrected chi connectivity index (χ0v) is 18.2. The van der Waals surface area contributed by atoms with Crippen molar-refractivity contribution in [3.63, 3.8) is 0 Å². The summed E-state index contributed by atoms with van der Waals surface area (Å²) in [6.45, 7) is 4.64. The van der Waals surface area contributed by atoms with Gasteiger partial charge in [0.25, 0.3) is 5.91 Å². The molecular weight excluding hydrogens is 412 g/mol. The van der Waals surface area contributed by atoms with Crippen molar-refractivity contribution in [1.29, 1.82) is 0 Å². The normalized spacial score (nSPS) is 28.8. The van der Waals surface area contributed by atoms with Crippen LogP contribution in [0.15, 0.2) is 24.3 Å². The van der Waals surface area contributed by atoms with Crippen molar-refractivity contribution in [1.82, 2.24) is 20.4 Å². The number of rotatable bonds is 6. The maximum atomic E-state index is 13.3. The van der Waals surface area contributed by atoms with Gasteiger partial charge < -0.3 is 20.1 Å².